The molecule has 3 nitrogen and oxygen atoms in total. The zero-order valence-electron chi connectivity index (χ0n) is 12.9. The molecule has 1 aromatic heterocycles. The molecule has 0 spiro atoms. The molecule has 3 atom stereocenters. The summed E-state index contributed by atoms with van der Waals surface area (Å²) < 4.78 is 2.19. The minimum atomic E-state index is 0.817. The molecule has 3 unspecified atom stereocenters. The van der Waals surface area contributed by atoms with Crippen LogP contribution in [-0.2, 0) is 13.0 Å². The van der Waals surface area contributed by atoms with E-state index < -0.39 is 0 Å². The summed E-state index contributed by atoms with van der Waals surface area (Å²) in [5.41, 5.74) is 2.59. The van der Waals surface area contributed by atoms with Crippen LogP contribution in [0.4, 0.5) is 0 Å². The van der Waals surface area contributed by atoms with Crippen molar-refractivity contribution in [2.75, 3.05) is 13.6 Å². The molecule has 1 saturated carbocycles. The van der Waals surface area contributed by atoms with Gasteiger partial charge in [-0.25, -0.2) is 0 Å². The monoisotopic (exact) mass is 263 g/mol. The molecular weight excluding hydrogens is 234 g/mol. The van der Waals surface area contributed by atoms with Crippen molar-refractivity contribution in [3.8, 4) is 0 Å². The van der Waals surface area contributed by atoms with Crippen LogP contribution in [0.3, 0.4) is 0 Å². The second-order valence-corrected chi connectivity index (χ2v) is 6.29. The Hall–Kier alpha value is -0.830. The first-order valence-electron chi connectivity index (χ1n) is 7.82. The summed E-state index contributed by atoms with van der Waals surface area (Å²) in [6, 6.07) is 2.28. The second kappa shape index (κ2) is 6.56. The predicted octanol–water partition coefficient (Wildman–Crippen LogP) is 3.03. The van der Waals surface area contributed by atoms with Crippen molar-refractivity contribution in [1.29, 1.82) is 0 Å². The summed E-state index contributed by atoms with van der Waals surface area (Å²) in [6.45, 7) is 8.85. The van der Waals surface area contributed by atoms with E-state index in [4.69, 9.17) is 0 Å². The van der Waals surface area contributed by atoms with Gasteiger partial charge in [0.1, 0.15) is 0 Å². The van der Waals surface area contributed by atoms with E-state index >= 15 is 0 Å². The molecule has 1 aromatic rings. The van der Waals surface area contributed by atoms with Gasteiger partial charge in [0.05, 0.1) is 5.69 Å². The van der Waals surface area contributed by atoms with Gasteiger partial charge in [0.25, 0.3) is 0 Å². The molecule has 2 rings (SSSR count). The fourth-order valence-corrected chi connectivity index (χ4v) is 3.65. The lowest BCUT2D eigenvalue weighted by atomic mass is 9.72. The molecule has 1 fully saturated rings. The normalized spacial score (nSPS) is 27.7. The largest absolute Gasteiger partial charge is 0.319 e. The van der Waals surface area contributed by atoms with Crippen LogP contribution in [0.2, 0.25) is 0 Å². The van der Waals surface area contributed by atoms with Gasteiger partial charge in [0.15, 0.2) is 0 Å². The van der Waals surface area contributed by atoms with E-state index in [1.165, 1.54) is 31.4 Å². The van der Waals surface area contributed by atoms with Crippen LogP contribution in [0.1, 0.15) is 44.5 Å². The molecule has 19 heavy (non-hydrogen) atoms. The summed E-state index contributed by atoms with van der Waals surface area (Å²) in [6.07, 6.45) is 5.35. The molecule has 1 aliphatic rings. The Morgan fingerprint density at radius 3 is 2.84 bits per heavy atom. The van der Waals surface area contributed by atoms with Crippen molar-refractivity contribution in [1.82, 2.24) is 15.1 Å². The standard InChI is InChI=1S/C16H29N3/c1-5-19-16(9-13(3)18-19)10-15-8-12(2)6-7-14(15)11-17-4/h9,12,14-15,17H,5-8,10-11H2,1-4H3. The van der Waals surface area contributed by atoms with Crippen LogP contribution in [0.5, 0.6) is 0 Å². The highest BCUT2D eigenvalue weighted by Crippen LogP contribution is 2.35. The zero-order chi connectivity index (χ0) is 13.8. The van der Waals surface area contributed by atoms with Crippen molar-refractivity contribution in [2.45, 2.75) is 53.0 Å². The summed E-state index contributed by atoms with van der Waals surface area (Å²) in [5, 5.41) is 7.97. The Morgan fingerprint density at radius 1 is 1.37 bits per heavy atom. The maximum absolute atomic E-state index is 4.59. The Bertz CT molecular complexity index is 397. The topological polar surface area (TPSA) is 29.9 Å². The quantitative estimate of drug-likeness (QED) is 0.885. The Balaban J connectivity index is 2.09. The Kier molecular flexibility index (Phi) is 5.03. The highest BCUT2D eigenvalue weighted by Gasteiger charge is 2.29. The predicted molar refractivity (Wildman–Crippen MR) is 80.3 cm³/mol. The molecular formula is C16H29N3. The van der Waals surface area contributed by atoms with Crippen molar-refractivity contribution >= 4 is 0 Å². The third-order valence-corrected chi connectivity index (χ3v) is 4.62. The maximum Gasteiger partial charge on any atom is 0.0596 e. The fraction of sp³-hybridized carbons (Fsp3) is 0.812. The number of nitrogens with one attached hydrogen (secondary N) is 1. The first-order chi connectivity index (χ1) is 9.13. The fourth-order valence-electron chi connectivity index (χ4n) is 3.65. The van der Waals surface area contributed by atoms with Crippen LogP contribution in [0, 0.1) is 24.7 Å². The number of nitrogens with zero attached hydrogens (tertiary/aromatic N) is 2. The van der Waals surface area contributed by atoms with Gasteiger partial charge in [-0.05, 0) is 70.5 Å². The van der Waals surface area contributed by atoms with Gasteiger partial charge in [-0.3, -0.25) is 4.68 Å². The van der Waals surface area contributed by atoms with Gasteiger partial charge in [0.2, 0.25) is 0 Å². The van der Waals surface area contributed by atoms with E-state index in [-0.39, 0.29) is 0 Å². The number of hydrogen-bond donors (Lipinski definition) is 1. The lowest BCUT2D eigenvalue weighted by Gasteiger charge is -2.35. The van der Waals surface area contributed by atoms with Crippen molar-refractivity contribution in [3.05, 3.63) is 17.5 Å². The molecule has 1 heterocycles. The molecule has 0 saturated heterocycles. The molecule has 0 radical (unpaired) electrons. The number of hydrogen-bond acceptors (Lipinski definition) is 2. The van der Waals surface area contributed by atoms with Crippen LogP contribution in [0.15, 0.2) is 6.07 Å². The maximum atomic E-state index is 4.59. The zero-order valence-corrected chi connectivity index (χ0v) is 12.9. The van der Waals surface area contributed by atoms with Gasteiger partial charge in [-0.2, -0.15) is 5.10 Å². The summed E-state index contributed by atoms with van der Waals surface area (Å²) in [5.74, 6) is 2.54. The first-order valence-corrected chi connectivity index (χ1v) is 7.82. The van der Waals surface area contributed by atoms with Gasteiger partial charge in [0, 0.05) is 12.2 Å². The molecule has 0 amide bonds. The lowest BCUT2D eigenvalue weighted by molar-refractivity contribution is 0.183. The lowest BCUT2D eigenvalue weighted by Crippen LogP contribution is -2.32. The summed E-state index contributed by atoms with van der Waals surface area (Å²) in [7, 11) is 2.08. The highest BCUT2D eigenvalue weighted by molar-refractivity contribution is 5.10. The smallest absolute Gasteiger partial charge is 0.0596 e. The molecule has 0 aromatic carbocycles. The average Bonchev–Trinajstić information content (AvgIpc) is 2.73. The van der Waals surface area contributed by atoms with Gasteiger partial charge in [-0.1, -0.05) is 13.3 Å². The first kappa shape index (κ1) is 14.6. The second-order valence-electron chi connectivity index (χ2n) is 6.29. The number of aromatic nitrogens is 2. The van der Waals surface area contributed by atoms with E-state index in [0.29, 0.717) is 0 Å². The minimum absolute atomic E-state index is 0.817. The summed E-state index contributed by atoms with van der Waals surface area (Å²) in [4.78, 5) is 0. The van der Waals surface area contributed by atoms with Crippen LogP contribution in [0.25, 0.3) is 0 Å². The van der Waals surface area contributed by atoms with E-state index in [9.17, 15) is 0 Å². The molecule has 0 aliphatic heterocycles. The van der Waals surface area contributed by atoms with Crippen molar-refractivity contribution < 1.29 is 0 Å². The molecule has 3 heteroatoms. The van der Waals surface area contributed by atoms with Gasteiger partial charge >= 0.3 is 0 Å². The van der Waals surface area contributed by atoms with Gasteiger partial charge in [-0.15, -0.1) is 0 Å². The van der Waals surface area contributed by atoms with E-state index in [2.05, 4.69) is 49.0 Å². The van der Waals surface area contributed by atoms with Crippen molar-refractivity contribution in [3.63, 3.8) is 0 Å². The Labute approximate surface area is 117 Å². The molecule has 0 bridgehead atoms. The SMILES string of the molecule is CCn1nc(C)cc1CC1CC(C)CCC1CNC. The average molecular weight is 263 g/mol. The third kappa shape index (κ3) is 3.59. The summed E-state index contributed by atoms with van der Waals surface area (Å²) >= 11 is 0. The third-order valence-electron chi connectivity index (χ3n) is 4.62. The van der Waals surface area contributed by atoms with Crippen LogP contribution in [-0.4, -0.2) is 23.4 Å². The molecule has 1 N–H and O–H groups in total. The van der Waals surface area contributed by atoms with E-state index in [0.717, 1.165) is 36.5 Å². The Morgan fingerprint density at radius 2 is 2.16 bits per heavy atom. The number of rotatable bonds is 5. The van der Waals surface area contributed by atoms with Crippen LogP contribution >= 0.6 is 0 Å². The van der Waals surface area contributed by atoms with Crippen LogP contribution < -0.4 is 5.32 Å². The van der Waals surface area contributed by atoms with E-state index in [1.807, 2.05) is 0 Å². The molecule has 1 aliphatic carbocycles. The highest BCUT2D eigenvalue weighted by atomic mass is 15.3. The van der Waals surface area contributed by atoms with Gasteiger partial charge < -0.3 is 5.32 Å². The number of aryl methyl sites for hydroxylation is 2. The molecule has 108 valence electrons. The van der Waals surface area contributed by atoms with Crippen molar-refractivity contribution in [2.24, 2.45) is 17.8 Å². The van der Waals surface area contributed by atoms with E-state index in [1.54, 1.807) is 0 Å². The minimum Gasteiger partial charge on any atom is -0.319 e.